The quantitative estimate of drug-likeness (QED) is 0.830. The molecule has 1 fully saturated rings. The van der Waals surface area contributed by atoms with E-state index in [-0.39, 0.29) is 22.9 Å². The maximum atomic E-state index is 13.9. The number of benzene rings is 1. The minimum atomic E-state index is -4.03. The third-order valence-electron chi connectivity index (χ3n) is 3.38. The molecule has 2 atom stereocenters. The normalized spacial score (nSPS) is 23.1. The van der Waals surface area contributed by atoms with Crippen LogP contribution in [0, 0.1) is 5.82 Å². The summed E-state index contributed by atoms with van der Waals surface area (Å²) in [6.45, 7) is 0. The van der Waals surface area contributed by atoms with Crippen molar-refractivity contribution in [3.63, 3.8) is 0 Å². The molecule has 2 unspecified atom stereocenters. The van der Waals surface area contributed by atoms with Gasteiger partial charge in [0.25, 0.3) is 0 Å². The van der Waals surface area contributed by atoms with E-state index < -0.39 is 20.7 Å². The van der Waals surface area contributed by atoms with Gasteiger partial charge in [-0.3, -0.25) is 0 Å². The third kappa shape index (κ3) is 3.06. The molecule has 0 heterocycles. The van der Waals surface area contributed by atoms with E-state index in [1.165, 1.54) is 13.2 Å². The van der Waals surface area contributed by atoms with E-state index in [1.807, 2.05) is 0 Å². The molecule has 20 heavy (non-hydrogen) atoms. The van der Waals surface area contributed by atoms with Crippen LogP contribution in [0.4, 0.5) is 10.1 Å². The topological polar surface area (TPSA) is 81.4 Å². The second-order valence-electron chi connectivity index (χ2n) is 4.74. The second kappa shape index (κ2) is 5.85. The fourth-order valence-electron chi connectivity index (χ4n) is 2.39. The molecule has 0 saturated heterocycles. The molecular formula is C12H16ClFN2O3S. The summed E-state index contributed by atoms with van der Waals surface area (Å²) in [4.78, 5) is -0.538. The number of nitrogen functional groups attached to an aromatic ring is 1. The summed E-state index contributed by atoms with van der Waals surface area (Å²) in [6.07, 6.45) is 2.06. The van der Waals surface area contributed by atoms with Crippen LogP contribution < -0.4 is 10.5 Å². The number of nitrogens with two attached hydrogens (primary N) is 1. The molecule has 3 N–H and O–H groups in total. The monoisotopic (exact) mass is 322 g/mol. The lowest BCUT2D eigenvalue weighted by Crippen LogP contribution is -2.41. The van der Waals surface area contributed by atoms with Gasteiger partial charge >= 0.3 is 0 Å². The lowest BCUT2D eigenvalue weighted by Gasteiger charge is -2.20. The van der Waals surface area contributed by atoms with Gasteiger partial charge in [0.1, 0.15) is 4.90 Å². The zero-order valence-electron chi connectivity index (χ0n) is 10.9. The molecule has 1 aromatic rings. The number of anilines is 1. The van der Waals surface area contributed by atoms with Crippen molar-refractivity contribution in [1.29, 1.82) is 0 Å². The molecule has 0 radical (unpaired) electrons. The SMILES string of the molecule is COC1CCCC1NS(=O)(=O)c1cc(Cl)cc(N)c1F. The molecule has 1 aliphatic rings. The van der Waals surface area contributed by atoms with Crippen LogP contribution in [0.25, 0.3) is 0 Å². The van der Waals surface area contributed by atoms with Gasteiger partial charge in [-0.15, -0.1) is 0 Å². The van der Waals surface area contributed by atoms with E-state index in [2.05, 4.69) is 4.72 Å². The van der Waals surface area contributed by atoms with Gasteiger partial charge in [0.15, 0.2) is 5.82 Å². The van der Waals surface area contributed by atoms with Crippen LogP contribution in [0.1, 0.15) is 19.3 Å². The smallest absolute Gasteiger partial charge is 0.243 e. The number of hydrogen-bond acceptors (Lipinski definition) is 4. The number of rotatable bonds is 4. The Balaban J connectivity index is 2.31. The zero-order valence-corrected chi connectivity index (χ0v) is 12.5. The van der Waals surface area contributed by atoms with Gasteiger partial charge < -0.3 is 10.5 Å². The van der Waals surface area contributed by atoms with Crippen molar-refractivity contribution in [3.05, 3.63) is 23.0 Å². The van der Waals surface area contributed by atoms with Crippen LogP contribution in [0.5, 0.6) is 0 Å². The average molecular weight is 323 g/mol. The number of nitrogens with one attached hydrogen (secondary N) is 1. The lowest BCUT2D eigenvalue weighted by atomic mass is 10.2. The molecule has 0 aliphatic heterocycles. The average Bonchev–Trinajstić information content (AvgIpc) is 2.80. The highest BCUT2D eigenvalue weighted by atomic mass is 35.5. The van der Waals surface area contributed by atoms with Crippen molar-refractivity contribution in [1.82, 2.24) is 4.72 Å². The van der Waals surface area contributed by atoms with E-state index >= 15 is 0 Å². The third-order valence-corrected chi connectivity index (χ3v) is 5.09. The first-order chi connectivity index (χ1) is 9.35. The second-order valence-corrected chi connectivity index (χ2v) is 6.86. The molecule has 1 aliphatic carbocycles. The fourth-order valence-corrected chi connectivity index (χ4v) is 4.11. The Kier molecular flexibility index (Phi) is 4.53. The Hall–Kier alpha value is -0.890. The summed E-state index contributed by atoms with van der Waals surface area (Å²) in [5.41, 5.74) is 5.10. The van der Waals surface area contributed by atoms with Crippen molar-refractivity contribution in [3.8, 4) is 0 Å². The number of methoxy groups -OCH3 is 1. The first-order valence-corrected chi connectivity index (χ1v) is 8.01. The summed E-state index contributed by atoms with van der Waals surface area (Å²) in [5.74, 6) is -0.992. The van der Waals surface area contributed by atoms with Gasteiger partial charge in [-0.05, 0) is 31.4 Å². The zero-order chi connectivity index (χ0) is 14.9. The summed E-state index contributed by atoms with van der Waals surface area (Å²) in [5, 5.41) is 0.0685. The van der Waals surface area contributed by atoms with Crippen LogP contribution >= 0.6 is 11.6 Å². The van der Waals surface area contributed by atoms with E-state index in [0.717, 1.165) is 18.9 Å². The van der Waals surface area contributed by atoms with Crippen molar-refractivity contribution >= 4 is 27.3 Å². The Morgan fingerprint density at radius 3 is 2.80 bits per heavy atom. The van der Waals surface area contributed by atoms with Crippen molar-refractivity contribution in [2.75, 3.05) is 12.8 Å². The number of halogens is 2. The fraction of sp³-hybridized carbons (Fsp3) is 0.500. The van der Waals surface area contributed by atoms with Gasteiger partial charge in [0.05, 0.1) is 11.8 Å². The maximum absolute atomic E-state index is 13.9. The molecule has 112 valence electrons. The first-order valence-electron chi connectivity index (χ1n) is 6.15. The minimum absolute atomic E-state index is 0.0685. The van der Waals surface area contributed by atoms with Crippen LogP contribution in [0.15, 0.2) is 17.0 Å². The van der Waals surface area contributed by atoms with Crippen LogP contribution in [-0.4, -0.2) is 27.7 Å². The Morgan fingerprint density at radius 2 is 2.15 bits per heavy atom. The summed E-state index contributed by atoms with van der Waals surface area (Å²) in [7, 11) is -2.51. The molecule has 0 spiro atoms. The van der Waals surface area contributed by atoms with Gasteiger partial charge in [0.2, 0.25) is 10.0 Å². The number of sulfonamides is 1. The van der Waals surface area contributed by atoms with E-state index in [4.69, 9.17) is 22.1 Å². The molecule has 1 saturated carbocycles. The van der Waals surface area contributed by atoms with Crippen molar-refractivity contribution in [2.45, 2.75) is 36.3 Å². The van der Waals surface area contributed by atoms with Crippen LogP contribution in [-0.2, 0) is 14.8 Å². The van der Waals surface area contributed by atoms with Crippen LogP contribution in [0.3, 0.4) is 0 Å². The highest BCUT2D eigenvalue weighted by Crippen LogP contribution is 2.27. The number of hydrogen-bond donors (Lipinski definition) is 2. The largest absolute Gasteiger partial charge is 0.396 e. The highest BCUT2D eigenvalue weighted by molar-refractivity contribution is 7.89. The predicted octanol–water partition coefficient (Wildman–Crippen LogP) is 1.91. The van der Waals surface area contributed by atoms with Crippen molar-refractivity contribution in [2.24, 2.45) is 0 Å². The standard InChI is InChI=1S/C12H16ClFN2O3S/c1-19-10-4-2-3-9(10)16-20(17,18)11-6-7(13)5-8(15)12(11)14/h5-6,9-10,16H,2-4,15H2,1H3. The highest BCUT2D eigenvalue weighted by Gasteiger charge is 2.32. The number of ether oxygens (including phenoxy) is 1. The van der Waals surface area contributed by atoms with Crippen molar-refractivity contribution < 1.29 is 17.5 Å². The molecule has 0 amide bonds. The molecule has 0 bridgehead atoms. The maximum Gasteiger partial charge on any atom is 0.243 e. The summed E-state index contributed by atoms with van der Waals surface area (Å²) >= 11 is 5.74. The van der Waals surface area contributed by atoms with Gasteiger partial charge in [-0.25, -0.2) is 17.5 Å². The molecule has 1 aromatic carbocycles. The molecule has 8 heteroatoms. The molecular weight excluding hydrogens is 307 g/mol. The minimum Gasteiger partial charge on any atom is -0.396 e. The summed E-state index contributed by atoms with van der Waals surface area (Å²) in [6, 6.07) is 1.85. The lowest BCUT2D eigenvalue weighted by molar-refractivity contribution is 0.0916. The molecule has 2 rings (SSSR count). The van der Waals surface area contributed by atoms with Gasteiger partial charge in [-0.1, -0.05) is 11.6 Å². The van der Waals surface area contributed by atoms with Gasteiger partial charge in [-0.2, -0.15) is 0 Å². The van der Waals surface area contributed by atoms with Gasteiger partial charge in [0, 0.05) is 18.2 Å². The molecule has 0 aromatic heterocycles. The van der Waals surface area contributed by atoms with Crippen LogP contribution in [0.2, 0.25) is 5.02 Å². The first kappa shape index (κ1) is 15.5. The van der Waals surface area contributed by atoms with E-state index in [9.17, 15) is 12.8 Å². The van der Waals surface area contributed by atoms with E-state index in [0.29, 0.717) is 6.42 Å². The molecule has 5 nitrogen and oxygen atoms in total. The summed E-state index contributed by atoms with van der Waals surface area (Å²) < 4.78 is 46.1. The predicted molar refractivity (Wildman–Crippen MR) is 74.6 cm³/mol. The Bertz CT molecular complexity index is 609. The Labute approximate surface area is 122 Å². The Morgan fingerprint density at radius 1 is 1.45 bits per heavy atom. The van der Waals surface area contributed by atoms with E-state index in [1.54, 1.807) is 0 Å².